The van der Waals surface area contributed by atoms with Gasteiger partial charge >= 0.3 is 0 Å². The van der Waals surface area contributed by atoms with Crippen molar-refractivity contribution in [3.05, 3.63) is 71.3 Å². The summed E-state index contributed by atoms with van der Waals surface area (Å²) < 4.78 is 21.9. The molecule has 0 aliphatic carbocycles. The Hall–Kier alpha value is -2.86. The molecule has 4 rings (SSSR count). The predicted octanol–water partition coefficient (Wildman–Crippen LogP) is 4.20. The van der Waals surface area contributed by atoms with Crippen LogP contribution >= 0.6 is 11.6 Å². The number of hydrogen-bond acceptors (Lipinski definition) is 3. The van der Waals surface area contributed by atoms with Gasteiger partial charge in [0.1, 0.15) is 24.0 Å². The molecular weight excluding hydrogens is 381 g/mol. The number of carbonyl (C=O) groups excluding carboxylic acids is 1. The molecule has 1 amide bonds. The number of para-hydroxylation sites is 1. The Morgan fingerprint density at radius 1 is 1.25 bits per heavy atom. The molecule has 1 aliphatic heterocycles. The van der Waals surface area contributed by atoms with Crippen LogP contribution in [0.5, 0.6) is 5.75 Å². The number of nitrogens with zero attached hydrogens (tertiary/aromatic N) is 2. The monoisotopic (exact) mass is 399 g/mol. The summed E-state index contributed by atoms with van der Waals surface area (Å²) in [7, 11) is 0. The van der Waals surface area contributed by atoms with E-state index in [2.05, 4.69) is 10.3 Å². The summed E-state index contributed by atoms with van der Waals surface area (Å²) in [6, 6.07) is 12.1. The Bertz CT molecular complexity index is 985. The van der Waals surface area contributed by atoms with Crippen molar-refractivity contribution in [2.24, 2.45) is 0 Å². The van der Waals surface area contributed by atoms with E-state index in [4.69, 9.17) is 16.3 Å². The molecule has 1 saturated heterocycles. The summed E-state index contributed by atoms with van der Waals surface area (Å²) in [5.74, 6) is 1.00. The second kappa shape index (κ2) is 8.02. The second-order valence-electron chi connectivity index (χ2n) is 6.69. The first-order valence-corrected chi connectivity index (χ1v) is 9.45. The van der Waals surface area contributed by atoms with Gasteiger partial charge in [0.2, 0.25) is 5.91 Å². The van der Waals surface area contributed by atoms with Crippen LogP contribution in [0.1, 0.15) is 18.4 Å². The maximum Gasteiger partial charge on any atom is 0.220 e. The van der Waals surface area contributed by atoms with Gasteiger partial charge in [-0.25, -0.2) is 9.37 Å². The molecule has 1 aliphatic rings. The molecule has 0 saturated carbocycles. The van der Waals surface area contributed by atoms with Gasteiger partial charge < -0.3 is 14.6 Å². The van der Waals surface area contributed by atoms with Crippen molar-refractivity contribution in [1.82, 2.24) is 14.9 Å². The van der Waals surface area contributed by atoms with Gasteiger partial charge in [-0.05, 0) is 30.7 Å². The minimum Gasteiger partial charge on any atom is -0.488 e. The van der Waals surface area contributed by atoms with E-state index in [-0.39, 0.29) is 18.6 Å². The van der Waals surface area contributed by atoms with Crippen LogP contribution < -0.4 is 10.1 Å². The predicted molar refractivity (Wildman–Crippen MR) is 105 cm³/mol. The zero-order valence-corrected chi connectivity index (χ0v) is 15.8. The van der Waals surface area contributed by atoms with Crippen molar-refractivity contribution in [2.75, 3.05) is 0 Å². The van der Waals surface area contributed by atoms with Crippen molar-refractivity contribution in [3.8, 4) is 17.1 Å². The number of benzene rings is 2. The van der Waals surface area contributed by atoms with Gasteiger partial charge in [-0.1, -0.05) is 29.8 Å². The van der Waals surface area contributed by atoms with Gasteiger partial charge in [-0.3, -0.25) is 4.79 Å². The van der Waals surface area contributed by atoms with Crippen molar-refractivity contribution in [3.63, 3.8) is 0 Å². The van der Waals surface area contributed by atoms with Crippen LogP contribution in [0.3, 0.4) is 0 Å². The van der Waals surface area contributed by atoms with Gasteiger partial charge in [-0.15, -0.1) is 0 Å². The normalized spacial score (nSPS) is 16.2. The molecule has 28 heavy (non-hydrogen) atoms. The number of imidazole rings is 1. The Morgan fingerprint density at radius 3 is 2.89 bits per heavy atom. The lowest BCUT2D eigenvalue weighted by molar-refractivity contribution is -0.119. The van der Waals surface area contributed by atoms with Gasteiger partial charge in [0.25, 0.3) is 0 Å². The molecule has 1 atom stereocenters. The zero-order valence-electron chi connectivity index (χ0n) is 15.1. The summed E-state index contributed by atoms with van der Waals surface area (Å²) in [6.45, 7) is 0.649. The van der Waals surface area contributed by atoms with E-state index in [1.807, 2.05) is 35.0 Å². The standard InChI is InChI=1S/C21H19ClFN3O2/c22-17-5-3-6-18(23)16(17)13-28-19-7-2-1-4-15(19)21-24-10-11-26(21)12-14-8-9-20(27)25-14/h1-7,10-11,14H,8-9,12-13H2,(H,25,27). The molecular formula is C21H19ClFN3O2. The van der Waals surface area contributed by atoms with Crippen LogP contribution in [0, 0.1) is 5.82 Å². The maximum absolute atomic E-state index is 14.0. The topological polar surface area (TPSA) is 56.2 Å². The van der Waals surface area contributed by atoms with Gasteiger partial charge in [-0.2, -0.15) is 0 Å². The second-order valence-corrected chi connectivity index (χ2v) is 7.10. The van der Waals surface area contributed by atoms with E-state index in [9.17, 15) is 9.18 Å². The lowest BCUT2D eigenvalue weighted by Crippen LogP contribution is -2.29. The number of rotatable bonds is 6. The molecule has 144 valence electrons. The Morgan fingerprint density at radius 2 is 2.11 bits per heavy atom. The molecule has 2 aromatic carbocycles. The SMILES string of the molecule is O=C1CCC(Cn2ccnc2-c2ccccc2OCc2c(F)cccc2Cl)N1. The highest BCUT2D eigenvalue weighted by atomic mass is 35.5. The van der Waals surface area contributed by atoms with Crippen LogP contribution in [0.15, 0.2) is 54.9 Å². The number of hydrogen-bond donors (Lipinski definition) is 1. The quantitative estimate of drug-likeness (QED) is 0.675. The van der Waals surface area contributed by atoms with E-state index in [1.54, 1.807) is 18.3 Å². The van der Waals surface area contributed by atoms with Crippen molar-refractivity contribution in [1.29, 1.82) is 0 Å². The van der Waals surface area contributed by atoms with Crippen LogP contribution in [0.4, 0.5) is 4.39 Å². The molecule has 3 aromatic rings. The summed E-state index contributed by atoms with van der Waals surface area (Å²) in [5, 5.41) is 3.30. The molecule has 2 heterocycles. The average molecular weight is 400 g/mol. The Labute approximate surface area is 167 Å². The molecule has 1 aromatic heterocycles. The molecule has 0 radical (unpaired) electrons. The third-order valence-electron chi connectivity index (χ3n) is 4.78. The minimum atomic E-state index is -0.400. The molecule has 0 spiro atoms. The minimum absolute atomic E-state index is 0.0158. The van der Waals surface area contributed by atoms with Gasteiger partial charge in [0.15, 0.2) is 0 Å². The molecule has 1 fully saturated rings. The van der Waals surface area contributed by atoms with E-state index in [0.29, 0.717) is 29.3 Å². The number of aromatic nitrogens is 2. The first-order chi connectivity index (χ1) is 13.6. The van der Waals surface area contributed by atoms with Crippen molar-refractivity contribution < 1.29 is 13.9 Å². The van der Waals surface area contributed by atoms with E-state index >= 15 is 0 Å². The maximum atomic E-state index is 14.0. The Balaban J connectivity index is 1.57. The summed E-state index contributed by atoms with van der Waals surface area (Å²) in [6.07, 6.45) is 4.96. The lowest BCUT2D eigenvalue weighted by atomic mass is 10.1. The third-order valence-corrected chi connectivity index (χ3v) is 5.13. The van der Waals surface area contributed by atoms with Crippen LogP contribution in [-0.4, -0.2) is 21.5 Å². The largest absolute Gasteiger partial charge is 0.488 e. The smallest absolute Gasteiger partial charge is 0.220 e. The van der Waals surface area contributed by atoms with Gasteiger partial charge in [0, 0.05) is 37.0 Å². The van der Waals surface area contributed by atoms with E-state index < -0.39 is 5.82 Å². The fraction of sp³-hybridized carbons (Fsp3) is 0.238. The Kier molecular flexibility index (Phi) is 5.30. The lowest BCUT2D eigenvalue weighted by Gasteiger charge is -2.16. The number of halogens is 2. The van der Waals surface area contributed by atoms with Crippen LogP contribution in [0.2, 0.25) is 5.02 Å². The molecule has 1 N–H and O–H groups in total. The summed E-state index contributed by atoms with van der Waals surface area (Å²) >= 11 is 6.10. The fourth-order valence-corrected chi connectivity index (χ4v) is 3.57. The highest BCUT2D eigenvalue weighted by Crippen LogP contribution is 2.31. The molecule has 0 bridgehead atoms. The van der Waals surface area contributed by atoms with Crippen LogP contribution in [-0.2, 0) is 17.9 Å². The number of nitrogens with one attached hydrogen (secondary N) is 1. The number of ether oxygens (including phenoxy) is 1. The van der Waals surface area contributed by atoms with Gasteiger partial charge in [0.05, 0.1) is 10.6 Å². The van der Waals surface area contributed by atoms with Crippen molar-refractivity contribution >= 4 is 17.5 Å². The van der Waals surface area contributed by atoms with E-state index in [1.165, 1.54) is 6.07 Å². The molecule has 7 heteroatoms. The first kappa shape index (κ1) is 18.5. The molecule has 5 nitrogen and oxygen atoms in total. The molecule has 1 unspecified atom stereocenters. The van der Waals surface area contributed by atoms with E-state index in [0.717, 1.165) is 17.8 Å². The highest BCUT2D eigenvalue weighted by Gasteiger charge is 2.22. The summed E-state index contributed by atoms with van der Waals surface area (Å²) in [5.41, 5.74) is 1.11. The average Bonchev–Trinajstić information content (AvgIpc) is 3.31. The van der Waals surface area contributed by atoms with Crippen LogP contribution in [0.25, 0.3) is 11.4 Å². The third kappa shape index (κ3) is 3.87. The highest BCUT2D eigenvalue weighted by molar-refractivity contribution is 6.31. The fourth-order valence-electron chi connectivity index (χ4n) is 3.35. The zero-order chi connectivity index (χ0) is 19.5. The van der Waals surface area contributed by atoms with Crippen molar-refractivity contribution in [2.45, 2.75) is 32.0 Å². The summed E-state index contributed by atoms with van der Waals surface area (Å²) in [4.78, 5) is 15.9. The number of carbonyl (C=O) groups is 1. The number of amides is 1. The first-order valence-electron chi connectivity index (χ1n) is 9.07.